The van der Waals surface area contributed by atoms with E-state index >= 15 is 0 Å². The Labute approximate surface area is 184 Å². The molecular weight excluding hydrogens is 432 g/mol. The van der Waals surface area contributed by atoms with Gasteiger partial charge in [0.15, 0.2) is 0 Å². The predicted octanol–water partition coefficient (Wildman–Crippen LogP) is -0.164. The first-order chi connectivity index (χ1) is 15.4. The van der Waals surface area contributed by atoms with Gasteiger partial charge in [-0.25, -0.2) is 13.4 Å². The minimum absolute atomic E-state index is 0.0621. The Hall–Kier alpha value is -3.31. The van der Waals surface area contributed by atoms with Gasteiger partial charge in [0.05, 0.1) is 17.0 Å². The highest BCUT2D eigenvalue weighted by Crippen LogP contribution is 2.18. The number of carbonyl (C=O) groups is 1. The quantitative estimate of drug-likeness (QED) is 0.634. The molecule has 0 unspecified atom stereocenters. The highest BCUT2D eigenvalue weighted by Gasteiger charge is 2.28. The van der Waals surface area contributed by atoms with E-state index in [2.05, 4.69) is 14.3 Å². The van der Waals surface area contributed by atoms with Crippen molar-refractivity contribution in [3.8, 4) is 0 Å². The van der Waals surface area contributed by atoms with E-state index in [9.17, 15) is 18.0 Å². The van der Waals surface area contributed by atoms with Gasteiger partial charge in [-0.05, 0) is 24.3 Å². The fraction of sp³-hybridized carbons (Fsp3) is 0.333. The summed E-state index contributed by atoms with van der Waals surface area (Å²) in [5, 5.41) is 0. The first-order valence-corrected chi connectivity index (χ1v) is 12.0. The molecular formula is C21H22N6O4S. The van der Waals surface area contributed by atoms with Gasteiger partial charge in [-0.2, -0.15) is 0 Å². The molecule has 10 nitrogen and oxygen atoms in total. The number of hydrogen-bond acceptors (Lipinski definition) is 7. The summed E-state index contributed by atoms with van der Waals surface area (Å²) < 4.78 is 28.5. The van der Waals surface area contributed by atoms with E-state index in [4.69, 9.17) is 0 Å². The Morgan fingerprint density at radius 2 is 1.88 bits per heavy atom. The summed E-state index contributed by atoms with van der Waals surface area (Å²) >= 11 is 0. The number of rotatable bonds is 3. The van der Waals surface area contributed by atoms with Crippen LogP contribution in [-0.4, -0.2) is 82.7 Å². The molecule has 0 atom stereocenters. The molecule has 1 saturated heterocycles. The van der Waals surface area contributed by atoms with Crippen LogP contribution >= 0.6 is 0 Å². The summed E-state index contributed by atoms with van der Waals surface area (Å²) in [6, 6.07) is 7.01. The van der Waals surface area contributed by atoms with E-state index in [1.807, 2.05) is 6.07 Å². The number of aromatic nitrogens is 2. The van der Waals surface area contributed by atoms with Gasteiger partial charge in [0.2, 0.25) is 0 Å². The number of fused-ring (bicyclic) bond motifs is 2. The number of pyridine rings is 1. The number of sulfonamides is 1. The van der Waals surface area contributed by atoms with Gasteiger partial charge in [0.25, 0.3) is 21.5 Å². The third kappa shape index (κ3) is 4.08. The predicted molar refractivity (Wildman–Crippen MR) is 118 cm³/mol. The molecule has 0 saturated carbocycles. The van der Waals surface area contributed by atoms with Crippen LogP contribution in [0.4, 0.5) is 0 Å². The van der Waals surface area contributed by atoms with Crippen molar-refractivity contribution in [1.82, 2.24) is 24.1 Å². The summed E-state index contributed by atoms with van der Waals surface area (Å²) in [4.78, 5) is 35.5. The summed E-state index contributed by atoms with van der Waals surface area (Å²) in [7, 11) is -3.42. The molecule has 2 aromatic rings. The van der Waals surface area contributed by atoms with Crippen LogP contribution in [0.2, 0.25) is 0 Å². The Morgan fingerprint density at radius 1 is 1.06 bits per heavy atom. The smallest absolute Gasteiger partial charge is 0.258 e. The van der Waals surface area contributed by atoms with Crippen LogP contribution in [-0.2, 0) is 21.4 Å². The number of amides is 1. The van der Waals surface area contributed by atoms with Gasteiger partial charge in [0.1, 0.15) is 11.5 Å². The highest BCUT2D eigenvalue weighted by atomic mass is 32.2. The van der Waals surface area contributed by atoms with Crippen LogP contribution in [0.3, 0.4) is 0 Å². The van der Waals surface area contributed by atoms with Crippen molar-refractivity contribution in [3.05, 3.63) is 70.4 Å². The van der Waals surface area contributed by atoms with Crippen molar-refractivity contribution in [2.24, 2.45) is 4.40 Å². The third-order valence-corrected chi connectivity index (χ3v) is 6.90. The average molecular weight is 455 g/mol. The van der Waals surface area contributed by atoms with Crippen LogP contribution in [0, 0.1) is 0 Å². The first-order valence-electron chi connectivity index (χ1n) is 10.4. The van der Waals surface area contributed by atoms with Crippen LogP contribution in [0.15, 0.2) is 63.6 Å². The molecule has 5 rings (SSSR count). The molecule has 3 aliphatic heterocycles. The van der Waals surface area contributed by atoms with E-state index in [1.54, 1.807) is 52.5 Å². The second-order valence-electron chi connectivity index (χ2n) is 7.93. The number of hydrogen-bond donors (Lipinski definition) is 0. The van der Waals surface area contributed by atoms with Gasteiger partial charge in [-0.1, -0.05) is 6.07 Å². The largest absolute Gasteiger partial charge is 0.336 e. The zero-order valence-electron chi connectivity index (χ0n) is 17.3. The Balaban J connectivity index is 1.22. The molecule has 1 amide bonds. The van der Waals surface area contributed by atoms with Crippen LogP contribution in [0.1, 0.15) is 5.69 Å². The van der Waals surface area contributed by atoms with Crippen molar-refractivity contribution in [2.75, 3.05) is 38.5 Å². The number of piperazine rings is 1. The van der Waals surface area contributed by atoms with E-state index in [0.29, 0.717) is 55.5 Å². The van der Waals surface area contributed by atoms with Gasteiger partial charge < -0.3 is 9.80 Å². The maximum atomic E-state index is 13.0. The van der Waals surface area contributed by atoms with Crippen LogP contribution < -0.4 is 5.56 Å². The van der Waals surface area contributed by atoms with Gasteiger partial charge in [0, 0.05) is 57.7 Å². The zero-order valence-corrected chi connectivity index (χ0v) is 18.1. The molecule has 0 aromatic carbocycles. The lowest BCUT2D eigenvalue weighted by Crippen LogP contribution is -2.49. The normalized spacial score (nSPS) is 20.6. The van der Waals surface area contributed by atoms with Crippen LogP contribution in [0.5, 0.6) is 0 Å². The molecule has 1 fully saturated rings. The summed E-state index contributed by atoms with van der Waals surface area (Å²) in [6.45, 7) is 3.31. The van der Waals surface area contributed by atoms with Gasteiger partial charge >= 0.3 is 0 Å². The van der Waals surface area contributed by atoms with Crippen molar-refractivity contribution < 1.29 is 13.2 Å². The van der Waals surface area contributed by atoms with Crippen molar-refractivity contribution in [3.63, 3.8) is 0 Å². The summed E-state index contributed by atoms with van der Waals surface area (Å²) in [6.07, 6.45) is 6.57. The molecule has 0 N–H and O–H groups in total. The molecule has 166 valence electrons. The molecule has 0 radical (unpaired) electrons. The van der Waals surface area contributed by atoms with Crippen molar-refractivity contribution >= 4 is 27.4 Å². The minimum atomic E-state index is -3.42. The molecule has 0 spiro atoms. The molecule has 2 aromatic heterocycles. The Kier molecular flexibility index (Phi) is 5.14. The average Bonchev–Trinajstić information content (AvgIpc) is 2.78. The van der Waals surface area contributed by atoms with Crippen molar-refractivity contribution in [2.45, 2.75) is 6.54 Å². The molecule has 11 heteroatoms. The molecule has 0 bridgehead atoms. The van der Waals surface area contributed by atoms with Crippen molar-refractivity contribution in [1.29, 1.82) is 0 Å². The maximum absolute atomic E-state index is 13.0. The molecule has 0 aliphatic carbocycles. The second-order valence-corrected chi connectivity index (χ2v) is 9.68. The lowest BCUT2D eigenvalue weighted by molar-refractivity contribution is -0.128. The van der Waals surface area contributed by atoms with E-state index < -0.39 is 10.0 Å². The van der Waals surface area contributed by atoms with E-state index in [1.165, 1.54) is 4.40 Å². The molecule has 32 heavy (non-hydrogen) atoms. The number of carbonyl (C=O) groups excluding carboxylic acids is 1. The lowest BCUT2D eigenvalue weighted by Gasteiger charge is -2.35. The first kappa shape index (κ1) is 20.6. The van der Waals surface area contributed by atoms with Crippen LogP contribution in [0.25, 0.3) is 5.65 Å². The molecule has 3 aliphatic rings. The van der Waals surface area contributed by atoms with E-state index in [-0.39, 0.29) is 23.8 Å². The standard InChI is InChI=1S/C21H22N6O4S/c28-20-13-17(22-18-3-1-2-6-27(18)20)15-24-7-9-25(10-8-24)21(29)16-4-5-19-23-32(30,31)12-11-26(19)14-16/h1-6,13-14H,7-12,15H2. The minimum Gasteiger partial charge on any atom is -0.336 e. The maximum Gasteiger partial charge on any atom is 0.258 e. The highest BCUT2D eigenvalue weighted by molar-refractivity contribution is 7.90. The zero-order chi connectivity index (χ0) is 22.3. The second kappa shape index (κ2) is 7.99. The van der Waals surface area contributed by atoms with E-state index in [0.717, 1.165) is 0 Å². The number of amidine groups is 1. The fourth-order valence-corrected chi connectivity index (χ4v) is 5.00. The molecule has 5 heterocycles. The SMILES string of the molecule is O=C(C1=CN2CCS(=O)(=O)N=C2C=C1)N1CCN(Cc2cc(=O)n3ccccc3n2)CC1. The topological polar surface area (TPSA) is 108 Å². The lowest BCUT2D eigenvalue weighted by atomic mass is 10.1. The third-order valence-electron chi connectivity index (χ3n) is 5.74. The fourth-order valence-electron chi connectivity index (χ4n) is 4.03. The number of nitrogens with zero attached hydrogens (tertiary/aromatic N) is 6. The monoisotopic (exact) mass is 454 g/mol. The van der Waals surface area contributed by atoms with Gasteiger partial charge in [-0.15, -0.1) is 4.40 Å². The van der Waals surface area contributed by atoms with Gasteiger partial charge in [-0.3, -0.25) is 18.9 Å². The Morgan fingerprint density at radius 3 is 2.69 bits per heavy atom. The Bertz CT molecular complexity index is 1340. The summed E-state index contributed by atoms with van der Waals surface area (Å²) in [5.74, 6) is 0.194. The summed E-state index contributed by atoms with van der Waals surface area (Å²) in [5.41, 5.74) is 1.74.